The SMILES string of the molecule is C=CCNC(=O)[C@H](C)Sc1nnc(-c2ccc(F)cc2)n1C[C@@H]1CCCO1. The van der Waals surface area contributed by atoms with E-state index in [1.165, 1.54) is 23.9 Å². The molecule has 1 saturated heterocycles. The van der Waals surface area contributed by atoms with Crippen LogP contribution in [0.5, 0.6) is 0 Å². The minimum Gasteiger partial charge on any atom is -0.376 e. The Morgan fingerprint density at radius 3 is 2.93 bits per heavy atom. The zero-order chi connectivity index (χ0) is 19.2. The van der Waals surface area contributed by atoms with Gasteiger partial charge in [0.2, 0.25) is 5.91 Å². The first-order chi connectivity index (χ1) is 13.1. The zero-order valence-corrected chi connectivity index (χ0v) is 16.0. The van der Waals surface area contributed by atoms with Crippen molar-refractivity contribution in [3.8, 4) is 11.4 Å². The first kappa shape index (κ1) is 19.6. The number of rotatable bonds is 8. The molecule has 2 aromatic rings. The van der Waals surface area contributed by atoms with Crippen LogP contribution in [0.25, 0.3) is 11.4 Å². The van der Waals surface area contributed by atoms with Gasteiger partial charge in [0, 0.05) is 18.7 Å². The molecule has 1 aliphatic heterocycles. The quantitative estimate of drug-likeness (QED) is 0.554. The van der Waals surface area contributed by atoms with Crippen LogP contribution in [0.2, 0.25) is 0 Å². The van der Waals surface area contributed by atoms with E-state index < -0.39 is 0 Å². The molecule has 1 aromatic heterocycles. The van der Waals surface area contributed by atoms with E-state index in [1.54, 1.807) is 18.2 Å². The van der Waals surface area contributed by atoms with Crippen LogP contribution in [0.4, 0.5) is 4.39 Å². The van der Waals surface area contributed by atoms with Gasteiger partial charge in [-0.1, -0.05) is 17.8 Å². The van der Waals surface area contributed by atoms with Gasteiger partial charge < -0.3 is 10.1 Å². The molecule has 0 radical (unpaired) electrons. The van der Waals surface area contributed by atoms with Crippen LogP contribution in [0.1, 0.15) is 19.8 Å². The molecule has 144 valence electrons. The highest BCUT2D eigenvalue weighted by molar-refractivity contribution is 8.00. The Morgan fingerprint density at radius 2 is 2.26 bits per heavy atom. The first-order valence-corrected chi connectivity index (χ1v) is 9.82. The smallest absolute Gasteiger partial charge is 0.233 e. The molecule has 0 saturated carbocycles. The normalized spacial score (nSPS) is 17.6. The highest BCUT2D eigenvalue weighted by atomic mass is 32.2. The van der Waals surface area contributed by atoms with Crippen LogP contribution in [-0.2, 0) is 16.1 Å². The van der Waals surface area contributed by atoms with Crippen molar-refractivity contribution in [2.45, 2.75) is 42.8 Å². The number of ether oxygens (including phenoxy) is 1. The molecule has 27 heavy (non-hydrogen) atoms. The molecule has 1 aromatic carbocycles. The highest BCUT2D eigenvalue weighted by Crippen LogP contribution is 2.29. The van der Waals surface area contributed by atoms with Gasteiger partial charge in [-0.25, -0.2) is 4.39 Å². The standard InChI is InChI=1S/C19H23FN4O2S/c1-3-10-21-18(25)13(2)27-19-23-22-17(14-6-8-15(20)9-7-14)24(19)12-16-5-4-11-26-16/h3,6-9,13,16H,1,4-5,10-12H2,2H3,(H,21,25)/t13-,16-/m0/s1. The summed E-state index contributed by atoms with van der Waals surface area (Å²) in [5.41, 5.74) is 0.775. The van der Waals surface area contributed by atoms with E-state index in [4.69, 9.17) is 4.74 Å². The Morgan fingerprint density at radius 1 is 1.48 bits per heavy atom. The zero-order valence-electron chi connectivity index (χ0n) is 15.2. The van der Waals surface area contributed by atoms with Gasteiger partial charge in [-0.05, 0) is 44.0 Å². The Bertz CT molecular complexity index is 788. The molecular weight excluding hydrogens is 367 g/mol. The monoisotopic (exact) mass is 390 g/mol. The molecule has 1 aliphatic rings. The summed E-state index contributed by atoms with van der Waals surface area (Å²) in [5.74, 6) is 0.257. The maximum absolute atomic E-state index is 13.3. The van der Waals surface area contributed by atoms with Crippen LogP contribution in [0.3, 0.4) is 0 Å². The maximum Gasteiger partial charge on any atom is 0.233 e. The van der Waals surface area contributed by atoms with Gasteiger partial charge in [0.15, 0.2) is 11.0 Å². The number of aromatic nitrogens is 3. The third-order valence-electron chi connectivity index (χ3n) is 4.30. The molecule has 6 nitrogen and oxygen atoms in total. The predicted molar refractivity (Wildman–Crippen MR) is 103 cm³/mol. The number of amides is 1. The molecule has 1 fully saturated rings. The largest absolute Gasteiger partial charge is 0.376 e. The number of carbonyl (C=O) groups is 1. The van der Waals surface area contributed by atoms with Crippen molar-refractivity contribution >= 4 is 17.7 Å². The summed E-state index contributed by atoms with van der Waals surface area (Å²) >= 11 is 1.34. The average Bonchev–Trinajstić information content (AvgIpc) is 3.31. The van der Waals surface area contributed by atoms with Gasteiger partial charge in [-0.15, -0.1) is 16.8 Å². The summed E-state index contributed by atoms with van der Waals surface area (Å²) in [6.45, 7) is 7.20. The maximum atomic E-state index is 13.3. The fraction of sp³-hybridized carbons (Fsp3) is 0.421. The van der Waals surface area contributed by atoms with E-state index >= 15 is 0 Å². The van der Waals surface area contributed by atoms with E-state index in [0.29, 0.717) is 24.1 Å². The topological polar surface area (TPSA) is 69.0 Å². The average molecular weight is 390 g/mol. The molecule has 0 unspecified atom stereocenters. The van der Waals surface area contributed by atoms with Crippen LogP contribution in [0.15, 0.2) is 42.1 Å². The summed E-state index contributed by atoms with van der Waals surface area (Å²) in [6, 6.07) is 6.16. The van der Waals surface area contributed by atoms with E-state index in [2.05, 4.69) is 22.1 Å². The van der Waals surface area contributed by atoms with Crippen LogP contribution in [-0.4, -0.2) is 45.2 Å². The molecule has 1 amide bonds. The summed E-state index contributed by atoms with van der Waals surface area (Å²) in [5, 5.41) is 11.7. The number of halogens is 1. The lowest BCUT2D eigenvalue weighted by molar-refractivity contribution is -0.120. The molecule has 1 N–H and O–H groups in total. The van der Waals surface area contributed by atoms with Crippen LogP contribution >= 0.6 is 11.8 Å². The number of nitrogens with one attached hydrogen (secondary N) is 1. The fourth-order valence-electron chi connectivity index (χ4n) is 2.87. The van der Waals surface area contributed by atoms with Gasteiger partial charge >= 0.3 is 0 Å². The lowest BCUT2D eigenvalue weighted by Crippen LogP contribution is -2.31. The first-order valence-electron chi connectivity index (χ1n) is 8.94. The lowest BCUT2D eigenvalue weighted by atomic mass is 10.2. The predicted octanol–water partition coefficient (Wildman–Crippen LogP) is 3.05. The van der Waals surface area contributed by atoms with Crippen molar-refractivity contribution in [3.05, 3.63) is 42.7 Å². The molecule has 2 heterocycles. The van der Waals surface area contributed by atoms with Gasteiger partial charge in [0.25, 0.3) is 0 Å². The number of nitrogens with zero attached hydrogens (tertiary/aromatic N) is 3. The summed E-state index contributed by atoms with van der Waals surface area (Å²) in [4.78, 5) is 12.2. The Hall–Kier alpha value is -2.19. The van der Waals surface area contributed by atoms with Crippen molar-refractivity contribution in [2.24, 2.45) is 0 Å². The minimum absolute atomic E-state index is 0.0875. The van der Waals surface area contributed by atoms with Crippen molar-refractivity contribution < 1.29 is 13.9 Å². The van der Waals surface area contributed by atoms with Crippen molar-refractivity contribution in [1.82, 2.24) is 20.1 Å². The van der Waals surface area contributed by atoms with Gasteiger partial charge in [0.05, 0.1) is 17.9 Å². The molecular formula is C19H23FN4O2S. The highest BCUT2D eigenvalue weighted by Gasteiger charge is 2.24. The second-order valence-corrected chi connectivity index (χ2v) is 7.66. The third kappa shape index (κ3) is 4.95. The summed E-state index contributed by atoms with van der Waals surface area (Å²) in [6.07, 6.45) is 3.73. The number of carbonyl (C=O) groups excluding carboxylic acids is 1. The molecule has 3 rings (SSSR count). The van der Waals surface area contributed by atoms with Gasteiger partial charge in [-0.2, -0.15) is 0 Å². The van der Waals surface area contributed by atoms with E-state index in [0.717, 1.165) is 25.0 Å². The summed E-state index contributed by atoms with van der Waals surface area (Å²) < 4.78 is 21.0. The fourth-order valence-corrected chi connectivity index (χ4v) is 3.76. The number of hydrogen-bond donors (Lipinski definition) is 1. The molecule has 2 atom stereocenters. The second kappa shape index (κ2) is 9.14. The number of benzene rings is 1. The van der Waals surface area contributed by atoms with Crippen molar-refractivity contribution in [3.63, 3.8) is 0 Å². The van der Waals surface area contributed by atoms with Gasteiger partial charge in [0.1, 0.15) is 5.82 Å². The van der Waals surface area contributed by atoms with Crippen LogP contribution < -0.4 is 5.32 Å². The molecule has 0 spiro atoms. The van der Waals surface area contributed by atoms with Gasteiger partial charge in [-0.3, -0.25) is 9.36 Å². The summed E-state index contributed by atoms with van der Waals surface area (Å²) in [7, 11) is 0. The van der Waals surface area contributed by atoms with E-state index in [1.807, 2.05) is 11.5 Å². The molecule has 0 aliphatic carbocycles. The Kier molecular flexibility index (Phi) is 6.63. The number of hydrogen-bond acceptors (Lipinski definition) is 5. The van der Waals surface area contributed by atoms with Crippen molar-refractivity contribution in [2.75, 3.05) is 13.2 Å². The molecule has 0 bridgehead atoms. The third-order valence-corrected chi connectivity index (χ3v) is 5.38. The minimum atomic E-state index is -0.335. The van der Waals surface area contributed by atoms with E-state index in [-0.39, 0.29) is 23.1 Å². The lowest BCUT2D eigenvalue weighted by Gasteiger charge is -2.16. The Balaban J connectivity index is 1.84. The van der Waals surface area contributed by atoms with E-state index in [9.17, 15) is 9.18 Å². The number of thioether (sulfide) groups is 1. The second-order valence-electron chi connectivity index (χ2n) is 6.35. The molecule has 8 heteroatoms. The Labute approximate surface area is 162 Å². The van der Waals surface area contributed by atoms with Crippen LogP contribution in [0, 0.1) is 5.82 Å². The van der Waals surface area contributed by atoms with Crippen molar-refractivity contribution in [1.29, 1.82) is 0 Å².